The van der Waals surface area contributed by atoms with Gasteiger partial charge in [-0.1, -0.05) is 6.07 Å². The van der Waals surface area contributed by atoms with Gasteiger partial charge in [0.1, 0.15) is 5.01 Å². The maximum atomic E-state index is 12.2. The highest BCUT2D eigenvalue weighted by Crippen LogP contribution is 2.40. The van der Waals surface area contributed by atoms with Crippen LogP contribution in [0.1, 0.15) is 17.5 Å². The third kappa shape index (κ3) is 2.08. The smallest absolute Gasteiger partial charge is 0.231 e. The molecule has 2 aliphatic heterocycles. The zero-order valence-electron chi connectivity index (χ0n) is 13.0. The highest BCUT2D eigenvalue weighted by atomic mass is 32.1. The number of hydrogen-bond acceptors (Lipinski definition) is 4. The van der Waals surface area contributed by atoms with E-state index in [2.05, 4.69) is 22.5 Å². The third-order valence-electron chi connectivity index (χ3n) is 4.69. The van der Waals surface area contributed by atoms with Crippen molar-refractivity contribution in [2.45, 2.75) is 19.3 Å². The van der Waals surface area contributed by atoms with Gasteiger partial charge in [0.25, 0.3) is 0 Å². The van der Waals surface area contributed by atoms with Crippen LogP contribution in [-0.2, 0) is 17.6 Å². The molecule has 5 heteroatoms. The first-order valence-corrected chi connectivity index (χ1v) is 9.01. The zero-order chi connectivity index (χ0) is 16.1. The molecule has 0 fully saturated rings. The molecule has 0 spiro atoms. The van der Waals surface area contributed by atoms with Crippen molar-refractivity contribution in [3.8, 4) is 22.0 Å². The molecular weight excluding hydrogens is 318 g/mol. The summed E-state index contributed by atoms with van der Waals surface area (Å²) in [6.07, 6.45) is 4.39. The van der Waals surface area contributed by atoms with E-state index in [9.17, 15) is 4.79 Å². The topological polar surface area (TPSA) is 46.1 Å². The zero-order valence-corrected chi connectivity index (χ0v) is 13.8. The number of benzene rings is 1. The van der Waals surface area contributed by atoms with Gasteiger partial charge < -0.3 is 4.90 Å². The molecule has 1 aromatic carbocycles. The second-order valence-electron chi connectivity index (χ2n) is 6.22. The summed E-state index contributed by atoms with van der Waals surface area (Å²) in [4.78, 5) is 23.3. The van der Waals surface area contributed by atoms with Crippen molar-refractivity contribution < 1.29 is 4.79 Å². The van der Waals surface area contributed by atoms with E-state index < -0.39 is 0 Å². The highest BCUT2D eigenvalue weighted by Gasteiger charge is 2.32. The molecule has 0 saturated heterocycles. The van der Waals surface area contributed by atoms with Gasteiger partial charge in [-0.25, -0.2) is 4.98 Å². The fourth-order valence-electron chi connectivity index (χ4n) is 3.64. The first-order valence-electron chi connectivity index (χ1n) is 8.13. The van der Waals surface area contributed by atoms with E-state index in [0.717, 1.165) is 52.6 Å². The minimum Gasteiger partial charge on any atom is -0.312 e. The molecule has 0 atom stereocenters. The number of anilines is 1. The van der Waals surface area contributed by atoms with Gasteiger partial charge in [0, 0.05) is 23.7 Å². The molecule has 3 aromatic rings. The third-order valence-corrected chi connectivity index (χ3v) is 5.56. The van der Waals surface area contributed by atoms with Gasteiger partial charge in [0.2, 0.25) is 5.91 Å². The van der Waals surface area contributed by atoms with Crippen LogP contribution in [0, 0.1) is 0 Å². The predicted octanol–water partition coefficient (Wildman–Crippen LogP) is 3.71. The van der Waals surface area contributed by atoms with E-state index in [-0.39, 0.29) is 5.91 Å². The number of nitrogens with zero attached hydrogens (tertiary/aromatic N) is 3. The molecule has 0 N–H and O–H groups in total. The van der Waals surface area contributed by atoms with E-state index in [1.807, 2.05) is 23.1 Å². The van der Waals surface area contributed by atoms with Crippen LogP contribution < -0.4 is 4.90 Å². The van der Waals surface area contributed by atoms with Gasteiger partial charge in [0.15, 0.2) is 0 Å². The van der Waals surface area contributed by atoms with Gasteiger partial charge in [-0.05, 0) is 48.2 Å². The maximum absolute atomic E-state index is 12.2. The van der Waals surface area contributed by atoms with Gasteiger partial charge in [-0.15, -0.1) is 11.3 Å². The van der Waals surface area contributed by atoms with Crippen molar-refractivity contribution in [3.63, 3.8) is 0 Å². The Morgan fingerprint density at radius 3 is 2.92 bits per heavy atom. The number of amides is 1. The molecule has 0 aliphatic carbocycles. The van der Waals surface area contributed by atoms with Gasteiger partial charge >= 0.3 is 0 Å². The predicted molar refractivity (Wildman–Crippen MR) is 95.2 cm³/mol. The Kier molecular flexibility index (Phi) is 3.03. The Labute approximate surface area is 143 Å². The minimum absolute atomic E-state index is 0.232. The quantitative estimate of drug-likeness (QED) is 0.718. The summed E-state index contributed by atoms with van der Waals surface area (Å²) in [6, 6.07) is 10.2. The van der Waals surface area contributed by atoms with Crippen molar-refractivity contribution >= 4 is 22.9 Å². The number of carbonyl (C=O) groups is 1. The fourth-order valence-corrected chi connectivity index (χ4v) is 4.44. The van der Waals surface area contributed by atoms with Gasteiger partial charge in [0.05, 0.1) is 23.5 Å². The Hall–Kier alpha value is -2.53. The molecule has 4 heterocycles. The number of pyridine rings is 1. The molecule has 0 unspecified atom stereocenters. The number of carbonyl (C=O) groups excluding carboxylic acids is 1. The Morgan fingerprint density at radius 2 is 2.04 bits per heavy atom. The molecule has 0 bridgehead atoms. The molecule has 2 aromatic heterocycles. The molecule has 0 saturated carbocycles. The van der Waals surface area contributed by atoms with E-state index in [0.29, 0.717) is 6.42 Å². The van der Waals surface area contributed by atoms with E-state index in [1.54, 1.807) is 17.5 Å². The van der Waals surface area contributed by atoms with Crippen molar-refractivity contribution in [1.29, 1.82) is 0 Å². The van der Waals surface area contributed by atoms with Gasteiger partial charge in [-0.2, -0.15) is 0 Å². The Balaban J connectivity index is 1.58. The van der Waals surface area contributed by atoms with Crippen molar-refractivity contribution in [1.82, 2.24) is 9.97 Å². The second-order valence-corrected chi connectivity index (χ2v) is 7.08. The van der Waals surface area contributed by atoms with E-state index in [4.69, 9.17) is 4.98 Å². The number of thiazole rings is 1. The second kappa shape index (κ2) is 5.24. The summed E-state index contributed by atoms with van der Waals surface area (Å²) in [5.74, 6) is 0.232. The summed E-state index contributed by atoms with van der Waals surface area (Å²) >= 11 is 1.61. The van der Waals surface area contributed by atoms with Crippen LogP contribution in [0.4, 0.5) is 5.69 Å². The molecule has 118 valence electrons. The molecular formula is C19H15N3OS. The minimum atomic E-state index is 0.232. The molecule has 1 amide bonds. The summed E-state index contributed by atoms with van der Waals surface area (Å²) in [7, 11) is 0. The lowest BCUT2D eigenvalue weighted by Gasteiger charge is -2.25. The Bertz CT molecular complexity index is 949. The van der Waals surface area contributed by atoms with Crippen LogP contribution in [-0.4, -0.2) is 22.4 Å². The summed E-state index contributed by atoms with van der Waals surface area (Å²) < 4.78 is 0. The molecule has 5 rings (SSSR count). The maximum Gasteiger partial charge on any atom is 0.231 e. The van der Waals surface area contributed by atoms with Crippen molar-refractivity contribution in [3.05, 3.63) is 53.0 Å². The average Bonchev–Trinajstić information content (AvgIpc) is 3.23. The first kappa shape index (κ1) is 13.9. The van der Waals surface area contributed by atoms with Crippen LogP contribution in [0.2, 0.25) is 0 Å². The standard InChI is InChI=1S/C19H15N3OS/c23-17-10-14-9-13(8-12-4-3-7-22(17)18(12)14)16-11-24-19(21-16)15-5-1-2-6-20-15/h1-2,5-6,8-9,11H,3-4,7,10H2. The number of aryl methyl sites for hydroxylation is 1. The van der Waals surface area contributed by atoms with Crippen molar-refractivity contribution in [2.75, 3.05) is 11.4 Å². The van der Waals surface area contributed by atoms with Crippen LogP contribution in [0.25, 0.3) is 22.0 Å². The number of rotatable bonds is 2. The van der Waals surface area contributed by atoms with Crippen LogP contribution >= 0.6 is 11.3 Å². The largest absolute Gasteiger partial charge is 0.312 e. The number of aromatic nitrogens is 2. The summed E-state index contributed by atoms with van der Waals surface area (Å²) in [5.41, 5.74) is 6.58. The van der Waals surface area contributed by atoms with E-state index in [1.165, 1.54) is 5.56 Å². The molecule has 4 nitrogen and oxygen atoms in total. The lowest BCUT2D eigenvalue weighted by Crippen LogP contribution is -2.31. The Morgan fingerprint density at radius 1 is 1.12 bits per heavy atom. The van der Waals surface area contributed by atoms with Crippen molar-refractivity contribution in [2.24, 2.45) is 0 Å². The fraction of sp³-hybridized carbons (Fsp3) is 0.211. The SMILES string of the molecule is O=C1Cc2cc(-c3csc(-c4ccccn4)n3)cc3c2N1CCC3. The van der Waals surface area contributed by atoms with Crippen LogP contribution in [0.5, 0.6) is 0 Å². The monoisotopic (exact) mass is 333 g/mol. The molecule has 24 heavy (non-hydrogen) atoms. The first-order chi connectivity index (χ1) is 11.8. The summed E-state index contributed by atoms with van der Waals surface area (Å²) in [5, 5.41) is 3.01. The number of hydrogen-bond donors (Lipinski definition) is 0. The normalized spacial score (nSPS) is 15.7. The van der Waals surface area contributed by atoms with E-state index >= 15 is 0 Å². The van der Waals surface area contributed by atoms with Crippen LogP contribution in [0.15, 0.2) is 41.9 Å². The summed E-state index contributed by atoms with van der Waals surface area (Å²) in [6.45, 7) is 0.860. The lowest BCUT2D eigenvalue weighted by atomic mass is 9.96. The molecule has 2 aliphatic rings. The lowest BCUT2D eigenvalue weighted by molar-refractivity contribution is -0.117. The van der Waals surface area contributed by atoms with Gasteiger partial charge in [-0.3, -0.25) is 9.78 Å². The average molecular weight is 333 g/mol. The van der Waals surface area contributed by atoms with Crippen LogP contribution in [0.3, 0.4) is 0 Å². The molecule has 0 radical (unpaired) electrons. The highest BCUT2D eigenvalue weighted by molar-refractivity contribution is 7.13.